The summed E-state index contributed by atoms with van der Waals surface area (Å²) in [5, 5.41) is 4.87. The number of carbonyl (C=O) groups excluding carboxylic acids is 1. The Bertz CT molecular complexity index is 676. The molecular formula is C13H16F2N2O3S. The third kappa shape index (κ3) is 3.06. The van der Waals surface area contributed by atoms with Crippen molar-refractivity contribution in [3.05, 3.63) is 29.3 Å². The van der Waals surface area contributed by atoms with Crippen molar-refractivity contribution >= 4 is 15.9 Å². The van der Waals surface area contributed by atoms with Gasteiger partial charge in [0, 0.05) is 12.6 Å². The molecule has 5 nitrogen and oxygen atoms in total. The van der Waals surface area contributed by atoms with Crippen LogP contribution in [0.15, 0.2) is 17.0 Å². The quantitative estimate of drug-likeness (QED) is 0.900. The van der Waals surface area contributed by atoms with Crippen LogP contribution in [0, 0.1) is 11.6 Å². The van der Waals surface area contributed by atoms with Gasteiger partial charge in [-0.3, -0.25) is 4.79 Å². The van der Waals surface area contributed by atoms with Crippen LogP contribution in [-0.4, -0.2) is 31.8 Å². The number of nitrogens with zero attached hydrogens (tertiary/aromatic N) is 1. The summed E-state index contributed by atoms with van der Waals surface area (Å²) in [5.74, 6) is -3.37. The monoisotopic (exact) mass is 318 g/mol. The smallest absolute Gasteiger partial charge is 0.260 e. The normalized spacial score (nSPS) is 19.6. The van der Waals surface area contributed by atoms with Gasteiger partial charge in [0.25, 0.3) is 5.91 Å². The molecule has 116 valence electrons. The van der Waals surface area contributed by atoms with E-state index in [-0.39, 0.29) is 6.04 Å². The van der Waals surface area contributed by atoms with Gasteiger partial charge in [0.05, 0.1) is 0 Å². The second kappa shape index (κ2) is 5.69. The van der Waals surface area contributed by atoms with Crippen molar-refractivity contribution in [2.24, 2.45) is 5.14 Å². The van der Waals surface area contributed by atoms with Gasteiger partial charge < -0.3 is 4.90 Å². The number of carbonyl (C=O) groups is 1. The minimum Gasteiger partial charge on any atom is -0.336 e. The molecule has 2 N–H and O–H groups in total. The van der Waals surface area contributed by atoms with Gasteiger partial charge in [-0.05, 0) is 38.3 Å². The van der Waals surface area contributed by atoms with E-state index in [1.807, 2.05) is 0 Å². The number of hydrogen-bond acceptors (Lipinski definition) is 3. The van der Waals surface area contributed by atoms with Crippen LogP contribution in [0.2, 0.25) is 0 Å². The van der Waals surface area contributed by atoms with E-state index in [9.17, 15) is 22.0 Å². The van der Waals surface area contributed by atoms with E-state index in [4.69, 9.17) is 5.14 Å². The summed E-state index contributed by atoms with van der Waals surface area (Å²) in [6.07, 6.45) is 2.42. The van der Waals surface area contributed by atoms with Gasteiger partial charge in [-0.15, -0.1) is 0 Å². The van der Waals surface area contributed by atoms with E-state index in [2.05, 4.69) is 0 Å². The van der Waals surface area contributed by atoms with Crippen LogP contribution in [0.1, 0.15) is 36.5 Å². The Kier molecular flexibility index (Phi) is 4.29. The summed E-state index contributed by atoms with van der Waals surface area (Å²) in [4.78, 5) is 12.8. The molecular weight excluding hydrogens is 302 g/mol. The van der Waals surface area contributed by atoms with Gasteiger partial charge in [0.1, 0.15) is 16.3 Å². The highest BCUT2D eigenvalue weighted by Crippen LogP contribution is 2.25. The van der Waals surface area contributed by atoms with Gasteiger partial charge in [0.2, 0.25) is 10.0 Å². The average molecular weight is 318 g/mol. The molecule has 21 heavy (non-hydrogen) atoms. The summed E-state index contributed by atoms with van der Waals surface area (Å²) >= 11 is 0. The van der Waals surface area contributed by atoms with Gasteiger partial charge in [-0.1, -0.05) is 0 Å². The fourth-order valence-corrected chi connectivity index (χ4v) is 3.10. The first-order chi connectivity index (χ1) is 9.73. The largest absolute Gasteiger partial charge is 0.336 e. The Morgan fingerprint density at radius 1 is 1.33 bits per heavy atom. The van der Waals surface area contributed by atoms with E-state index in [1.54, 1.807) is 6.92 Å². The van der Waals surface area contributed by atoms with Crippen molar-refractivity contribution in [3.8, 4) is 0 Å². The second-order valence-corrected chi connectivity index (χ2v) is 6.65. The zero-order valence-electron chi connectivity index (χ0n) is 11.5. The fourth-order valence-electron chi connectivity index (χ4n) is 2.49. The lowest BCUT2D eigenvalue weighted by molar-refractivity contribution is 0.0625. The van der Waals surface area contributed by atoms with E-state index in [1.165, 1.54) is 4.90 Å². The highest BCUT2D eigenvalue weighted by molar-refractivity contribution is 7.89. The molecule has 0 bridgehead atoms. The number of rotatable bonds is 2. The number of halogens is 2. The fraction of sp³-hybridized carbons (Fsp3) is 0.462. The standard InChI is InChI=1S/C13H16F2N2O3S/c1-8-4-2-3-7-17(8)13(18)11-9(14)5-6-10(12(11)15)21(16,19)20/h5-6,8H,2-4,7H2,1H3,(H2,16,19,20). The van der Waals surface area contributed by atoms with Crippen molar-refractivity contribution in [3.63, 3.8) is 0 Å². The molecule has 0 saturated carbocycles. The SMILES string of the molecule is CC1CCCCN1C(=O)c1c(F)ccc(S(N)(=O)=O)c1F. The number of benzene rings is 1. The number of primary sulfonamides is 1. The first kappa shape index (κ1) is 15.8. The Labute approximate surface area is 121 Å². The van der Waals surface area contributed by atoms with E-state index in [0.717, 1.165) is 31.4 Å². The molecule has 1 saturated heterocycles. The molecule has 1 atom stereocenters. The van der Waals surface area contributed by atoms with Crippen LogP contribution < -0.4 is 5.14 Å². The highest BCUT2D eigenvalue weighted by Gasteiger charge is 2.31. The minimum atomic E-state index is -4.36. The van der Waals surface area contributed by atoms with Crippen LogP contribution in [0.25, 0.3) is 0 Å². The van der Waals surface area contributed by atoms with Gasteiger partial charge >= 0.3 is 0 Å². The molecule has 1 aromatic carbocycles. The molecule has 0 radical (unpaired) electrons. The van der Waals surface area contributed by atoms with Gasteiger partial charge in [-0.2, -0.15) is 0 Å². The van der Waals surface area contributed by atoms with E-state index in [0.29, 0.717) is 6.54 Å². The number of hydrogen-bond donors (Lipinski definition) is 1. The van der Waals surface area contributed by atoms with Crippen LogP contribution in [0.4, 0.5) is 8.78 Å². The predicted octanol–water partition coefficient (Wildman–Crippen LogP) is 1.63. The average Bonchev–Trinajstić information content (AvgIpc) is 2.37. The maximum absolute atomic E-state index is 14.2. The van der Waals surface area contributed by atoms with Gasteiger partial charge in [-0.25, -0.2) is 22.3 Å². The molecule has 1 unspecified atom stereocenters. The Balaban J connectivity index is 2.50. The van der Waals surface area contributed by atoms with Crippen molar-refractivity contribution in [2.45, 2.75) is 37.1 Å². The first-order valence-corrected chi connectivity index (χ1v) is 8.10. The predicted molar refractivity (Wildman–Crippen MR) is 72.1 cm³/mol. The first-order valence-electron chi connectivity index (χ1n) is 6.55. The lowest BCUT2D eigenvalue weighted by Crippen LogP contribution is -2.42. The Morgan fingerprint density at radius 2 is 2.00 bits per heavy atom. The summed E-state index contributed by atoms with van der Waals surface area (Å²) in [6, 6.07) is 1.31. The molecule has 1 heterocycles. The summed E-state index contributed by atoms with van der Waals surface area (Å²) in [5.41, 5.74) is -0.865. The Hall–Kier alpha value is -1.54. The minimum absolute atomic E-state index is 0.150. The zero-order chi connectivity index (χ0) is 15.8. The number of sulfonamides is 1. The van der Waals surface area contributed by atoms with Crippen LogP contribution in [0.5, 0.6) is 0 Å². The molecule has 8 heteroatoms. The number of amides is 1. The second-order valence-electron chi connectivity index (χ2n) is 5.12. The number of likely N-dealkylation sites (tertiary alicyclic amines) is 1. The molecule has 1 amide bonds. The summed E-state index contributed by atoms with van der Waals surface area (Å²) in [7, 11) is -4.36. The van der Waals surface area contributed by atoms with E-state index < -0.39 is 38.0 Å². The third-order valence-electron chi connectivity index (χ3n) is 3.64. The van der Waals surface area contributed by atoms with Crippen LogP contribution >= 0.6 is 0 Å². The lowest BCUT2D eigenvalue weighted by atomic mass is 10.0. The maximum Gasteiger partial charge on any atom is 0.260 e. The van der Waals surface area contributed by atoms with E-state index >= 15 is 0 Å². The van der Waals surface area contributed by atoms with Crippen LogP contribution in [-0.2, 0) is 10.0 Å². The molecule has 0 aromatic heterocycles. The summed E-state index contributed by atoms with van der Waals surface area (Å²) < 4.78 is 50.6. The molecule has 1 aliphatic rings. The van der Waals surface area contributed by atoms with Crippen molar-refractivity contribution < 1.29 is 22.0 Å². The number of nitrogens with two attached hydrogens (primary N) is 1. The van der Waals surface area contributed by atoms with Gasteiger partial charge in [0.15, 0.2) is 5.82 Å². The summed E-state index contributed by atoms with van der Waals surface area (Å²) in [6.45, 7) is 2.18. The molecule has 2 rings (SSSR count). The maximum atomic E-state index is 14.2. The Morgan fingerprint density at radius 3 is 2.57 bits per heavy atom. The van der Waals surface area contributed by atoms with Crippen molar-refractivity contribution in [1.29, 1.82) is 0 Å². The molecule has 1 aliphatic heterocycles. The number of piperidine rings is 1. The topological polar surface area (TPSA) is 80.5 Å². The van der Waals surface area contributed by atoms with Crippen molar-refractivity contribution in [1.82, 2.24) is 4.90 Å². The zero-order valence-corrected chi connectivity index (χ0v) is 12.3. The molecule has 1 fully saturated rings. The third-order valence-corrected chi connectivity index (χ3v) is 4.57. The highest BCUT2D eigenvalue weighted by atomic mass is 32.2. The molecule has 0 spiro atoms. The lowest BCUT2D eigenvalue weighted by Gasteiger charge is -2.33. The van der Waals surface area contributed by atoms with Crippen molar-refractivity contribution in [2.75, 3.05) is 6.54 Å². The van der Waals surface area contributed by atoms with Crippen LogP contribution in [0.3, 0.4) is 0 Å². The molecule has 1 aromatic rings. The molecule has 0 aliphatic carbocycles.